The zero-order valence-electron chi connectivity index (χ0n) is 16.3. The number of anilines is 1. The highest BCUT2D eigenvalue weighted by Gasteiger charge is 2.14. The first-order valence-corrected chi connectivity index (χ1v) is 10.0. The van der Waals surface area contributed by atoms with E-state index in [9.17, 15) is 14.0 Å². The molecule has 9 heteroatoms. The Labute approximate surface area is 184 Å². The van der Waals surface area contributed by atoms with E-state index in [2.05, 4.69) is 31.4 Å². The third-order valence-electron chi connectivity index (χ3n) is 4.45. The highest BCUT2D eigenvalue weighted by Crippen LogP contribution is 2.22. The normalized spacial score (nSPS) is 10.8. The molecule has 2 aromatic carbocycles. The number of nitrogens with zero attached hydrogens (tertiary/aromatic N) is 3. The van der Waals surface area contributed by atoms with E-state index in [1.807, 2.05) is 31.2 Å². The summed E-state index contributed by atoms with van der Waals surface area (Å²) in [6.07, 6.45) is 1.45. The number of nitrogens with one attached hydrogen (secondary N) is 1. The number of aromatic nitrogens is 3. The van der Waals surface area contributed by atoms with Gasteiger partial charge in [-0.05, 0) is 37.3 Å². The standard InChI is InChI=1S/C22H16BrFN4O3/c1-13-3-2-4-14(9-13)21-26-22(31-27-21)15-5-8-20(30)28(11-15)12-19(29)25-18-7-6-16(23)10-17(18)24/h2-11H,12H2,1H3,(H,25,29). The molecular weight excluding hydrogens is 467 g/mol. The fourth-order valence-corrected chi connectivity index (χ4v) is 3.29. The lowest BCUT2D eigenvalue weighted by atomic mass is 10.1. The third-order valence-corrected chi connectivity index (χ3v) is 4.95. The molecule has 0 saturated carbocycles. The Bertz CT molecular complexity index is 1330. The number of benzene rings is 2. The Morgan fingerprint density at radius 3 is 2.77 bits per heavy atom. The first-order chi connectivity index (χ1) is 14.9. The number of hydrogen-bond donors (Lipinski definition) is 1. The second-order valence-electron chi connectivity index (χ2n) is 6.85. The minimum atomic E-state index is -0.585. The van der Waals surface area contributed by atoms with Crippen molar-refractivity contribution in [3.05, 3.63) is 87.0 Å². The molecule has 0 unspecified atom stereocenters. The third kappa shape index (κ3) is 4.77. The number of hydrogen-bond acceptors (Lipinski definition) is 5. The van der Waals surface area contributed by atoms with Crippen molar-refractivity contribution in [2.75, 3.05) is 5.32 Å². The van der Waals surface area contributed by atoms with Gasteiger partial charge in [0, 0.05) is 22.3 Å². The van der Waals surface area contributed by atoms with Gasteiger partial charge in [-0.25, -0.2) is 4.39 Å². The number of carbonyl (C=O) groups is 1. The van der Waals surface area contributed by atoms with Gasteiger partial charge in [-0.2, -0.15) is 4.98 Å². The van der Waals surface area contributed by atoms with Gasteiger partial charge in [-0.15, -0.1) is 0 Å². The summed E-state index contributed by atoms with van der Waals surface area (Å²) in [4.78, 5) is 28.9. The van der Waals surface area contributed by atoms with Crippen LogP contribution >= 0.6 is 15.9 Å². The van der Waals surface area contributed by atoms with E-state index in [4.69, 9.17) is 4.52 Å². The molecule has 31 heavy (non-hydrogen) atoms. The number of carbonyl (C=O) groups excluding carboxylic acids is 1. The lowest BCUT2D eigenvalue weighted by Gasteiger charge is -2.09. The van der Waals surface area contributed by atoms with Crippen molar-refractivity contribution in [2.24, 2.45) is 0 Å². The van der Waals surface area contributed by atoms with E-state index < -0.39 is 17.3 Å². The summed E-state index contributed by atoms with van der Waals surface area (Å²) >= 11 is 3.16. The lowest BCUT2D eigenvalue weighted by Crippen LogP contribution is -2.27. The van der Waals surface area contributed by atoms with Crippen LogP contribution in [0.5, 0.6) is 0 Å². The van der Waals surface area contributed by atoms with Crippen molar-refractivity contribution in [2.45, 2.75) is 13.5 Å². The second-order valence-corrected chi connectivity index (χ2v) is 7.76. The maximum absolute atomic E-state index is 13.9. The summed E-state index contributed by atoms with van der Waals surface area (Å²) in [5.74, 6) is -0.505. The van der Waals surface area contributed by atoms with Crippen LogP contribution in [0.15, 0.2) is 74.6 Å². The fourth-order valence-electron chi connectivity index (χ4n) is 2.96. The van der Waals surface area contributed by atoms with Gasteiger partial charge in [-0.1, -0.05) is 44.8 Å². The van der Waals surface area contributed by atoms with Crippen LogP contribution in [0.4, 0.5) is 10.1 Å². The molecule has 0 radical (unpaired) electrons. The van der Waals surface area contributed by atoms with Crippen LogP contribution in [-0.4, -0.2) is 20.6 Å². The van der Waals surface area contributed by atoms with Gasteiger partial charge in [0.1, 0.15) is 12.4 Å². The molecular formula is C22H16BrFN4O3. The van der Waals surface area contributed by atoms with Crippen molar-refractivity contribution in [3.63, 3.8) is 0 Å². The van der Waals surface area contributed by atoms with Crippen LogP contribution in [0.3, 0.4) is 0 Å². The number of halogens is 2. The number of rotatable bonds is 5. The quantitative estimate of drug-likeness (QED) is 0.454. The molecule has 0 aliphatic rings. The SMILES string of the molecule is Cc1cccc(-c2noc(-c3ccc(=O)n(CC(=O)Nc4ccc(Br)cc4F)c3)n2)c1. The molecule has 0 aliphatic heterocycles. The fraction of sp³-hybridized carbons (Fsp3) is 0.0909. The van der Waals surface area contributed by atoms with Crippen molar-refractivity contribution < 1.29 is 13.7 Å². The van der Waals surface area contributed by atoms with Crippen LogP contribution in [-0.2, 0) is 11.3 Å². The summed E-state index contributed by atoms with van der Waals surface area (Å²) in [7, 11) is 0. The number of amides is 1. The van der Waals surface area contributed by atoms with E-state index in [0.717, 1.165) is 11.1 Å². The van der Waals surface area contributed by atoms with Gasteiger partial charge >= 0.3 is 0 Å². The van der Waals surface area contributed by atoms with Crippen LogP contribution in [0.25, 0.3) is 22.8 Å². The lowest BCUT2D eigenvalue weighted by molar-refractivity contribution is -0.116. The summed E-state index contributed by atoms with van der Waals surface area (Å²) in [5, 5.41) is 6.45. The molecule has 0 saturated heterocycles. The smallest absolute Gasteiger partial charge is 0.259 e. The van der Waals surface area contributed by atoms with Gasteiger partial charge in [0.25, 0.3) is 11.4 Å². The van der Waals surface area contributed by atoms with Crippen molar-refractivity contribution in [3.8, 4) is 22.8 Å². The molecule has 0 bridgehead atoms. The molecule has 4 rings (SSSR count). The van der Waals surface area contributed by atoms with Gasteiger partial charge < -0.3 is 14.4 Å². The predicted molar refractivity (Wildman–Crippen MR) is 117 cm³/mol. The van der Waals surface area contributed by atoms with Gasteiger partial charge in [0.2, 0.25) is 11.7 Å². The van der Waals surface area contributed by atoms with Crippen LogP contribution in [0.2, 0.25) is 0 Å². The highest BCUT2D eigenvalue weighted by atomic mass is 79.9. The summed E-state index contributed by atoms with van der Waals surface area (Å²) < 4.78 is 21.0. The van der Waals surface area contributed by atoms with Crippen LogP contribution in [0.1, 0.15) is 5.56 Å². The Kier molecular flexibility index (Phi) is 5.77. The van der Waals surface area contributed by atoms with Gasteiger partial charge in [0.05, 0.1) is 11.3 Å². The Morgan fingerprint density at radius 1 is 1.16 bits per heavy atom. The molecule has 0 aliphatic carbocycles. The predicted octanol–water partition coefficient (Wildman–Crippen LogP) is 4.41. The van der Waals surface area contributed by atoms with E-state index >= 15 is 0 Å². The average molecular weight is 483 g/mol. The molecule has 0 spiro atoms. The molecule has 0 atom stereocenters. The van der Waals surface area contributed by atoms with E-state index in [1.165, 1.54) is 29.0 Å². The average Bonchev–Trinajstić information content (AvgIpc) is 3.22. The van der Waals surface area contributed by atoms with E-state index in [0.29, 0.717) is 15.9 Å². The molecule has 1 N–H and O–H groups in total. The molecule has 7 nitrogen and oxygen atoms in total. The molecule has 1 amide bonds. The number of aryl methyl sites for hydroxylation is 1. The first-order valence-electron chi connectivity index (χ1n) is 9.25. The van der Waals surface area contributed by atoms with E-state index in [1.54, 1.807) is 12.1 Å². The summed E-state index contributed by atoms with van der Waals surface area (Å²) in [6, 6.07) is 14.8. The molecule has 2 heterocycles. The number of pyridine rings is 1. The van der Waals surface area contributed by atoms with Gasteiger partial charge in [-0.3, -0.25) is 9.59 Å². The Hall–Kier alpha value is -3.59. The monoisotopic (exact) mass is 482 g/mol. The van der Waals surface area contributed by atoms with Crippen molar-refractivity contribution >= 4 is 27.5 Å². The maximum atomic E-state index is 13.9. The zero-order valence-corrected chi connectivity index (χ0v) is 17.9. The summed E-state index contributed by atoms with van der Waals surface area (Å²) in [6.45, 7) is 1.66. The summed E-state index contributed by atoms with van der Waals surface area (Å²) in [5.41, 5.74) is 1.98. The Balaban J connectivity index is 1.55. The minimum absolute atomic E-state index is 0.0251. The van der Waals surface area contributed by atoms with E-state index in [-0.39, 0.29) is 18.1 Å². The van der Waals surface area contributed by atoms with Crippen molar-refractivity contribution in [1.29, 1.82) is 0 Å². The second kappa shape index (κ2) is 8.65. The maximum Gasteiger partial charge on any atom is 0.259 e. The zero-order chi connectivity index (χ0) is 22.0. The largest absolute Gasteiger partial charge is 0.334 e. The van der Waals surface area contributed by atoms with Gasteiger partial charge in [0.15, 0.2) is 0 Å². The minimum Gasteiger partial charge on any atom is -0.334 e. The van der Waals surface area contributed by atoms with Crippen molar-refractivity contribution in [1.82, 2.24) is 14.7 Å². The molecule has 156 valence electrons. The van der Waals surface area contributed by atoms with Crippen LogP contribution in [0, 0.1) is 12.7 Å². The Morgan fingerprint density at radius 2 is 2.00 bits per heavy atom. The molecule has 2 aromatic heterocycles. The topological polar surface area (TPSA) is 90.0 Å². The first kappa shape index (κ1) is 20.7. The highest BCUT2D eigenvalue weighted by molar-refractivity contribution is 9.10. The molecule has 0 fully saturated rings. The molecule has 4 aromatic rings. The van der Waals surface area contributed by atoms with Crippen LogP contribution < -0.4 is 10.9 Å².